The first kappa shape index (κ1) is 16.6. The average Bonchev–Trinajstić information content (AvgIpc) is 3.21. The zero-order valence-corrected chi connectivity index (χ0v) is 14.8. The third-order valence-electron chi connectivity index (χ3n) is 5.17. The van der Waals surface area contributed by atoms with Crippen LogP contribution in [0.1, 0.15) is 34.8 Å². The summed E-state index contributed by atoms with van der Waals surface area (Å²) < 4.78 is 0. The third-order valence-corrected chi connectivity index (χ3v) is 5.17. The van der Waals surface area contributed by atoms with Crippen LogP contribution in [-0.2, 0) is 24.1 Å². The monoisotopic (exact) mass is 345 g/mol. The van der Waals surface area contributed by atoms with Gasteiger partial charge in [0.2, 0.25) is 5.91 Å². The number of amides is 1. The van der Waals surface area contributed by atoms with E-state index >= 15 is 0 Å². The molecule has 1 N–H and O–H groups in total. The number of carbonyl (C=O) groups excluding carboxylic acids is 1. The largest absolute Gasteiger partial charge is 0.348 e. The van der Waals surface area contributed by atoms with Gasteiger partial charge in [-0.15, -0.1) is 0 Å². The molecule has 1 aliphatic rings. The molecule has 0 spiro atoms. The molecule has 2 aromatic carbocycles. The highest BCUT2D eigenvalue weighted by Crippen LogP contribution is 2.33. The number of aromatic amines is 1. The zero-order chi connectivity index (χ0) is 17.8. The van der Waals surface area contributed by atoms with Crippen molar-refractivity contribution < 1.29 is 4.79 Å². The Morgan fingerprint density at radius 3 is 2.73 bits per heavy atom. The maximum atomic E-state index is 13.0. The Morgan fingerprint density at radius 2 is 1.92 bits per heavy atom. The number of fused-ring (bicyclic) bond motifs is 1. The topological polar surface area (TPSA) is 49.0 Å². The molecule has 0 aliphatic carbocycles. The van der Waals surface area contributed by atoms with Crippen LogP contribution < -0.4 is 0 Å². The second kappa shape index (κ2) is 7.56. The Morgan fingerprint density at radius 1 is 1.12 bits per heavy atom. The van der Waals surface area contributed by atoms with Crippen molar-refractivity contribution in [2.75, 3.05) is 6.54 Å². The van der Waals surface area contributed by atoms with Gasteiger partial charge in [0.1, 0.15) is 0 Å². The lowest BCUT2D eigenvalue weighted by atomic mass is 9.88. The summed E-state index contributed by atoms with van der Waals surface area (Å²) in [7, 11) is 0. The maximum Gasteiger partial charge on any atom is 0.223 e. The van der Waals surface area contributed by atoms with E-state index in [-0.39, 0.29) is 11.9 Å². The first-order valence-corrected chi connectivity index (χ1v) is 9.20. The number of rotatable bonds is 5. The average molecular weight is 345 g/mol. The molecule has 1 atom stereocenters. The van der Waals surface area contributed by atoms with Gasteiger partial charge in [-0.1, -0.05) is 54.6 Å². The molecule has 1 aliphatic heterocycles. The van der Waals surface area contributed by atoms with Crippen molar-refractivity contribution in [3.63, 3.8) is 0 Å². The second-order valence-electron chi connectivity index (χ2n) is 6.82. The molecule has 2 heterocycles. The van der Waals surface area contributed by atoms with Gasteiger partial charge >= 0.3 is 0 Å². The molecule has 4 heteroatoms. The number of aromatic nitrogens is 2. The molecule has 1 amide bonds. The molecule has 4 rings (SSSR count). The fourth-order valence-electron chi connectivity index (χ4n) is 3.81. The van der Waals surface area contributed by atoms with Gasteiger partial charge in [-0.25, -0.2) is 4.98 Å². The van der Waals surface area contributed by atoms with Gasteiger partial charge in [0.15, 0.2) is 0 Å². The lowest BCUT2D eigenvalue weighted by Crippen LogP contribution is -2.41. The van der Waals surface area contributed by atoms with E-state index < -0.39 is 0 Å². The van der Waals surface area contributed by atoms with E-state index in [9.17, 15) is 4.79 Å². The molecule has 132 valence electrons. The Balaban J connectivity index is 1.56. The summed E-state index contributed by atoms with van der Waals surface area (Å²) in [5, 5.41) is 0. The van der Waals surface area contributed by atoms with E-state index in [1.807, 2.05) is 6.07 Å². The minimum Gasteiger partial charge on any atom is -0.348 e. The fraction of sp³-hybridized carbons (Fsp3) is 0.273. The first-order valence-electron chi connectivity index (χ1n) is 9.20. The molecule has 0 fully saturated rings. The summed E-state index contributed by atoms with van der Waals surface area (Å²) in [6.07, 6.45) is 6.45. The highest BCUT2D eigenvalue weighted by atomic mass is 16.2. The molecule has 0 radical (unpaired) electrons. The minimum absolute atomic E-state index is 0.108. The van der Waals surface area contributed by atoms with E-state index in [4.69, 9.17) is 0 Å². The van der Waals surface area contributed by atoms with Gasteiger partial charge in [-0.05, 0) is 36.0 Å². The van der Waals surface area contributed by atoms with Crippen molar-refractivity contribution in [1.29, 1.82) is 0 Å². The van der Waals surface area contributed by atoms with Crippen molar-refractivity contribution in [3.8, 4) is 0 Å². The Labute approximate surface area is 153 Å². The van der Waals surface area contributed by atoms with E-state index in [0.717, 1.165) is 25.1 Å². The third kappa shape index (κ3) is 3.54. The number of imidazole rings is 1. The predicted octanol–water partition coefficient (Wildman–Crippen LogP) is 3.71. The normalized spacial score (nSPS) is 16.3. The number of nitrogens with one attached hydrogen (secondary N) is 1. The first-order chi connectivity index (χ1) is 12.8. The van der Waals surface area contributed by atoms with Crippen molar-refractivity contribution in [2.45, 2.75) is 31.7 Å². The van der Waals surface area contributed by atoms with Gasteiger partial charge < -0.3 is 9.88 Å². The van der Waals surface area contributed by atoms with Crippen molar-refractivity contribution in [2.24, 2.45) is 0 Å². The summed E-state index contributed by atoms with van der Waals surface area (Å²) in [5.74, 6) is 0.218. The Bertz CT molecular complexity index is 858. The maximum absolute atomic E-state index is 13.0. The van der Waals surface area contributed by atoms with E-state index in [0.29, 0.717) is 12.8 Å². The van der Waals surface area contributed by atoms with E-state index in [1.54, 1.807) is 12.5 Å². The zero-order valence-electron chi connectivity index (χ0n) is 14.8. The number of benzene rings is 2. The number of nitrogens with zero attached hydrogens (tertiary/aromatic N) is 2. The molecule has 0 saturated heterocycles. The summed E-state index contributed by atoms with van der Waals surface area (Å²) in [4.78, 5) is 22.2. The lowest BCUT2D eigenvalue weighted by molar-refractivity contribution is -0.134. The summed E-state index contributed by atoms with van der Waals surface area (Å²) in [6.45, 7) is 0.788. The number of hydrogen-bond donors (Lipinski definition) is 1. The molecule has 26 heavy (non-hydrogen) atoms. The highest BCUT2D eigenvalue weighted by molar-refractivity contribution is 5.77. The van der Waals surface area contributed by atoms with Crippen LogP contribution in [0.2, 0.25) is 0 Å². The van der Waals surface area contributed by atoms with Gasteiger partial charge in [0.25, 0.3) is 0 Å². The quantitative estimate of drug-likeness (QED) is 0.766. The van der Waals surface area contributed by atoms with Crippen LogP contribution in [0.5, 0.6) is 0 Å². The fourth-order valence-corrected chi connectivity index (χ4v) is 3.81. The smallest absolute Gasteiger partial charge is 0.223 e. The SMILES string of the molecule is O=C(CCc1cnc[nH]1)N1CCc2ccccc2C1Cc1ccccc1. The standard InChI is InChI=1S/C22H23N3O/c26-22(11-10-19-15-23-16-24-19)25-13-12-18-8-4-5-9-20(18)21(25)14-17-6-2-1-3-7-17/h1-9,15-16,21H,10-14H2,(H,23,24). The van der Waals surface area contributed by atoms with Crippen LogP contribution in [0, 0.1) is 0 Å². The number of carbonyl (C=O) groups is 1. The van der Waals surface area contributed by atoms with Crippen LogP contribution in [0.4, 0.5) is 0 Å². The van der Waals surface area contributed by atoms with Crippen molar-refractivity contribution >= 4 is 5.91 Å². The van der Waals surface area contributed by atoms with Gasteiger partial charge in [-0.3, -0.25) is 4.79 Å². The molecule has 0 saturated carbocycles. The van der Waals surface area contributed by atoms with Crippen LogP contribution in [0.25, 0.3) is 0 Å². The van der Waals surface area contributed by atoms with Gasteiger partial charge in [-0.2, -0.15) is 0 Å². The van der Waals surface area contributed by atoms with Crippen LogP contribution >= 0.6 is 0 Å². The summed E-state index contributed by atoms with van der Waals surface area (Å²) in [6, 6.07) is 19.1. The molecule has 0 bridgehead atoms. The molecule has 1 unspecified atom stereocenters. The molecule has 4 nitrogen and oxygen atoms in total. The molecule has 3 aromatic rings. The van der Waals surface area contributed by atoms with E-state index in [2.05, 4.69) is 63.4 Å². The predicted molar refractivity (Wildman–Crippen MR) is 102 cm³/mol. The van der Waals surface area contributed by atoms with Crippen LogP contribution in [0.15, 0.2) is 67.1 Å². The summed E-state index contributed by atoms with van der Waals surface area (Å²) in [5.41, 5.74) is 4.93. The Hall–Kier alpha value is -2.88. The van der Waals surface area contributed by atoms with Gasteiger partial charge in [0.05, 0.1) is 12.4 Å². The van der Waals surface area contributed by atoms with Crippen molar-refractivity contribution in [1.82, 2.24) is 14.9 Å². The summed E-state index contributed by atoms with van der Waals surface area (Å²) >= 11 is 0. The lowest BCUT2D eigenvalue weighted by Gasteiger charge is -2.38. The van der Waals surface area contributed by atoms with Crippen molar-refractivity contribution in [3.05, 3.63) is 89.5 Å². The minimum atomic E-state index is 0.108. The second-order valence-corrected chi connectivity index (χ2v) is 6.82. The molecule has 1 aromatic heterocycles. The highest BCUT2D eigenvalue weighted by Gasteiger charge is 2.30. The van der Waals surface area contributed by atoms with Crippen LogP contribution in [0.3, 0.4) is 0 Å². The number of aryl methyl sites for hydroxylation is 1. The van der Waals surface area contributed by atoms with E-state index in [1.165, 1.54) is 16.7 Å². The number of hydrogen-bond acceptors (Lipinski definition) is 2. The van der Waals surface area contributed by atoms with Crippen LogP contribution in [-0.4, -0.2) is 27.3 Å². The van der Waals surface area contributed by atoms with Gasteiger partial charge in [0, 0.05) is 24.9 Å². The molecular formula is C22H23N3O. The number of H-pyrrole nitrogens is 1. The molecular weight excluding hydrogens is 322 g/mol. The Kier molecular flexibility index (Phi) is 4.82.